The highest BCUT2D eigenvalue weighted by atomic mass is 16.6. The predicted octanol–water partition coefficient (Wildman–Crippen LogP) is 1.36. The molecule has 1 aromatic rings. The SMILES string of the molecule is CCOC(=O)C(C#N)NC(=O)C1CCCN1C(=O)OCc1ccccc1. The van der Waals surface area contributed by atoms with Gasteiger partial charge in [0.05, 0.1) is 12.7 Å². The maximum absolute atomic E-state index is 12.4. The Hall–Kier alpha value is -3.08. The summed E-state index contributed by atoms with van der Waals surface area (Å²) in [6.45, 7) is 2.19. The number of ether oxygens (including phenoxy) is 2. The molecular weight excluding hydrogens is 338 g/mol. The number of benzene rings is 1. The largest absolute Gasteiger partial charge is 0.464 e. The Bertz CT molecular complexity index is 686. The lowest BCUT2D eigenvalue weighted by Gasteiger charge is -2.24. The van der Waals surface area contributed by atoms with Crippen molar-refractivity contribution in [3.05, 3.63) is 35.9 Å². The van der Waals surface area contributed by atoms with Crippen LogP contribution in [0.4, 0.5) is 4.79 Å². The van der Waals surface area contributed by atoms with E-state index in [1.807, 2.05) is 30.3 Å². The van der Waals surface area contributed by atoms with Crippen molar-refractivity contribution in [1.82, 2.24) is 10.2 Å². The zero-order valence-corrected chi connectivity index (χ0v) is 14.5. The van der Waals surface area contributed by atoms with Crippen LogP contribution in [0.15, 0.2) is 30.3 Å². The summed E-state index contributed by atoms with van der Waals surface area (Å²) in [6.07, 6.45) is 0.471. The number of carbonyl (C=O) groups is 3. The van der Waals surface area contributed by atoms with E-state index in [4.69, 9.17) is 14.7 Å². The highest BCUT2D eigenvalue weighted by molar-refractivity contribution is 5.91. The van der Waals surface area contributed by atoms with Gasteiger partial charge in [-0.2, -0.15) is 5.26 Å². The van der Waals surface area contributed by atoms with E-state index in [2.05, 4.69) is 5.32 Å². The second kappa shape index (κ2) is 9.42. The molecule has 1 fully saturated rings. The van der Waals surface area contributed by atoms with Crippen molar-refractivity contribution in [3.8, 4) is 6.07 Å². The molecule has 1 aromatic carbocycles. The normalized spacial score (nSPS) is 17.1. The van der Waals surface area contributed by atoms with Gasteiger partial charge in [0.1, 0.15) is 12.6 Å². The highest BCUT2D eigenvalue weighted by Crippen LogP contribution is 2.19. The maximum Gasteiger partial charge on any atom is 0.410 e. The Kier molecular flexibility index (Phi) is 6.97. The molecule has 0 radical (unpaired) electrons. The van der Waals surface area contributed by atoms with Crippen LogP contribution < -0.4 is 5.32 Å². The van der Waals surface area contributed by atoms with Crippen LogP contribution in [0.3, 0.4) is 0 Å². The van der Waals surface area contributed by atoms with Crippen molar-refractivity contribution in [2.24, 2.45) is 0 Å². The van der Waals surface area contributed by atoms with E-state index >= 15 is 0 Å². The number of esters is 1. The second-order valence-electron chi connectivity index (χ2n) is 5.71. The van der Waals surface area contributed by atoms with Crippen molar-refractivity contribution >= 4 is 18.0 Å². The monoisotopic (exact) mass is 359 g/mol. The molecular formula is C18H21N3O5. The molecule has 8 heteroatoms. The van der Waals surface area contributed by atoms with Gasteiger partial charge in [0, 0.05) is 6.54 Å². The molecule has 26 heavy (non-hydrogen) atoms. The van der Waals surface area contributed by atoms with Crippen LogP contribution in [0.5, 0.6) is 0 Å². The van der Waals surface area contributed by atoms with Crippen LogP contribution in [0.1, 0.15) is 25.3 Å². The van der Waals surface area contributed by atoms with Gasteiger partial charge in [0.15, 0.2) is 0 Å². The molecule has 138 valence electrons. The summed E-state index contributed by atoms with van der Waals surface area (Å²) in [5.74, 6) is -1.39. The van der Waals surface area contributed by atoms with Gasteiger partial charge in [0.25, 0.3) is 0 Å². The average Bonchev–Trinajstić information content (AvgIpc) is 3.15. The van der Waals surface area contributed by atoms with Crippen molar-refractivity contribution in [1.29, 1.82) is 5.26 Å². The Balaban J connectivity index is 1.93. The smallest absolute Gasteiger partial charge is 0.410 e. The number of carbonyl (C=O) groups excluding carboxylic acids is 3. The minimum Gasteiger partial charge on any atom is -0.464 e. The summed E-state index contributed by atoms with van der Waals surface area (Å²) in [7, 11) is 0. The number of likely N-dealkylation sites (tertiary alicyclic amines) is 1. The molecule has 0 aromatic heterocycles. The molecule has 0 spiro atoms. The maximum atomic E-state index is 12.4. The van der Waals surface area contributed by atoms with E-state index in [9.17, 15) is 14.4 Å². The number of nitriles is 1. The molecule has 0 aliphatic carbocycles. The van der Waals surface area contributed by atoms with Crippen LogP contribution in [0.2, 0.25) is 0 Å². The summed E-state index contributed by atoms with van der Waals surface area (Å²) in [5, 5.41) is 11.4. The van der Waals surface area contributed by atoms with Crippen molar-refractivity contribution in [2.75, 3.05) is 13.2 Å². The van der Waals surface area contributed by atoms with E-state index in [1.54, 1.807) is 13.0 Å². The van der Waals surface area contributed by atoms with Gasteiger partial charge in [-0.05, 0) is 25.3 Å². The molecule has 0 bridgehead atoms. The summed E-state index contributed by atoms with van der Waals surface area (Å²) >= 11 is 0. The minimum absolute atomic E-state index is 0.105. The Morgan fingerprint density at radius 3 is 2.69 bits per heavy atom. The first kappa shape index (κ1) is 19.2. The third-order valence-electron chi connectivity index (χ3n) is 3.93. The molecule has 2 rings (SSSR count). The fraction of sp³-hybridized carbons (Fsp3) is 0.444. The third kappa shape index (κ3) is 4.96. The topological polar surface area (TPSA) is 109 Å². The fourth-order valence-corrected chi connectivity index (χ4v) is 2.67. The molecule has 1 saturated heterocycles. The van der Waals surface area contributed by atoms with Crippen LogP contribution >= 0.6 is 0 Å². The second-order valence-corrected chi connectivity index (χ2v) is 5.71. The van der Waals surface area contributed by atoms with E-state index in [1.165, 1.54) is 4.90 Å². The first-order chi connectivity index (χ1) is 12.6. The highest BCUT2D eigenvalue weighted by Gasteiger charge is 2.37. The summed E-state index contributed by atoms with van der Waals surface area (Å²) in [6, 6.07) is 8.72. The first-order valence-corrected chi connectivity index (χ1v) is 8.40. The Morgan fingerprint density at radius 2 is 2.04 bits per heavy atom. The number of hydrogen-bond donors (Lipinski definition) is 1. The lowest BCUT2D eigenvalue weighted by Crippen LogP contribution is -2.50. The van der Waals surface area contributed by atoms with Gasteiger partial charge in [0.2, 0.25) is 11.9 Å². The van der Waals surface area contributed by atoms with Crippen molar-refractivity contribution in [2.45, 2.75) is 38.5 Å². The average molecular weight is 359 g/mol. The Labute approximate surface area is 151 Å². The van der Waals surface area contributed by atoms with E-state index in [-0.39, 0.29) is 13.2 Å². The minimum atomic E-state index is -1.40. The summed E-state index contributed by atoms with van der Waals surface area (Å²) in [4.78, 5) is 37.6. The van der Waals surface area contributed by atoms with Gasteiger partial charge in [-0.3, -0.25) is 9.69 Å². The zero-order valence-electron chi connectivity index (χ0n) is 14.5. The zero-order chi connectivity index (χ0) is 18.9. The molecule has 1 aliphatic heterocycles. The van der Waals surface area contributed by atoms with Gasteiger partial charge in [-0.1, -0.05) is 30.3 Å². The van der Waals surface area contributed by atoms with Gasteiger partial charge in [-0.15, -0.1) is 0 Å². The third-order valence-corrected chi connectivity index (χ3v) is 3.93. The van der Waals surface area contributed by atoms with Gasteiger partial charge < -0.3 is 14.8 Å². The number of nitrogens with one attached hydrogen (secondary N) is 1. The molecule has 1 heterocycles. The predicted molar refractivity (Wildman–Crippen MR) is 90.5 cm³/mol. The van der Waals surface area contributed by atoms with E-state index in [0.717, 1.165) is 5.56 Å². The first-order valence-electron chi connectivity index (χ1n) is 8.40. The van der Waals surface area contributed by atoms with Crippen molar-refractivity contribution < 1.29 is 23.9 Å². The summed E-state index contributed by atoms with van der Waals surface area (Å²) < 4.78 is 10.00. The number of nitrogens with zero attached hydrogens (tertiary/aromatic N) is 2. The van der Waals surface area contributed by atoms with Crippen molar-refractivity contribution in [3.63, 3.8) is 0 Å². The van der Waals surface area contributed by atoms with Crippen LogP contribution in [-0.2, 0) is 25.7 Å². The molecule has 2 unspecified atom stereocenters. The van der Waals surface area contributed by atoms with Gasteiger partial charge >= 0.3 is 12.1 Å². The summed E-state index contributed by atoms with van der Waals surface area (Å²) in [5.41, 5.74) is 0.841. The lowest BCUT2D eigenvalue weighted by atomic mass is 10.2. The number of rotatable bonds is 6. The molecule has 2 amide bonds. The molecule has 8 nitrogen and oxygen atoms in total. The lowest BCUT2D eigenvalue weighted by molar-refractivity contribution is -0.146. The van der Waals surface area contributed by atoms with Gasteiger partial charge in [-0.25, -0.2) is 9.59 Å². The number of amides is 2. The fourth-order valence-electron chi connectivity index (χ4n) is 2.67. The molecule has 0 saturated carbocycles. The van der Waals surface area contributed by atoms with E-state index < -0.39 is 30.1 Å². The van der Waals surface area contributed by atoms with Crippen LogP contribution in [-0.4, -0.2) is 48.1 Å². The standard InChI is InChI=1S/C18H21N3O5/c1-2-25-17(23)14(11-19)20-16(22)15-9-6-10-21(15)18(24)26-12-13-7-4-3-5-8-13/h3-5,7-8,14-15H,2,6,9-10,12H2,1H3,(H,20,22). The van der Waals surface area contributed by atoms with Crippen LogP contribution in [0, 0.1) is 11.3 Å². The molecule has 1 aliphatic rings. The van der Waals surface area contributed by atoms with Crippen LogP contribution in [0.25, 0.3) is 0 Å². The molecule has 2 atom stereocenters. The molecule has 1 N–H and O–H groups in total. The van der Waals surface area contributed by atoms with E-state index in [0.29, 0.717) is 19.4 Å². The Morgan fingerprint density at radius 1 is 1.31 bits per heavy atom. The quantitative estimate of drug-likeness (QED) is 0.768. The number of hydrogen-bond acceptors (Lipinski definition) is 6.